The van der Waals surface area contributed by atoms with Gasteiger partial charge in [-0.05, 0) is 18.6 Å². The average Bonchev–Trinajstić information content (AvgIpc) is 3.04. The lowest BCUT2D eigenvalue weighted by Crippen LogP contribution is -2.16. The first-order valence-electron chi connectivity index (χ1n) is 7.93. The van der Waals surface area contributed by atoms with Crippen molar-refractivity contribution in [2.75, 3.05) is 0 Å². The minimum atomic E-state index is -0.0495. The number of hydrogen-bond acceptors (Lipinski definition) is 3. The summed E-state index contributed by atoms with van der Waals surface area (Å²) in [4.78, 5) is 4.64. The molecule has 0 fully saturated rings. The predicted octanol–water partition coefficient (Wildman–Crippen LogP) is 4.73. The van der Waals surface area contributed by atoms with Crippen LogP contribution in [-0.2, 0) is 17.9 Å². The van der Waals surface area contributed by atoms with Crippen LogP contribution in [0.1, 0.15) is 64.0 Å². The van der Waals surface area contributed by atoms with Crippen LogP contribution < -0.4 is 0 Å². The topological polar surface area (TPSA) is 43.9 Å². The normalized spacial score (nSPS) is 13.0. The van der Waals surface area contributed by atoms with Gasteiger partial charge in [-0.2, -0.15) is 0 Å². The van der Waals surface area contributed by atoms with Crippen LogP contribution in [0.15, 0.2) is 29.4 Å². The molecule has 0 N–H and O–H groups in total. The van der Waals surface area contributed by atoms with Gasteiger partial charge >= 0.3 is 0 Å². The van der Waals surface area contributed by atoms with Crippen molar-refractivity contribution in [2.24, 2.45) is 7.05 Å². The minimum Gasteiger partial charge on any atom is -0.360 e. The largest absolute Gasteiger partial charge is 0.360 e. The first kappa shape index (κ1) is 17.3. The quantitative estimate of drug-likeness (QED) is 0.801. The molecule has 4 nitrogen and oxygen atoms in total. The Labute approximate surface area is 138 Å². The van der Waals surface area contributed by atoms with E-state index in [4.69, 9.17) is 4.52 Å². The summed E-state index contributed by atoms with van der Waals surface area (Å²) in [6.07, 6.45) is 8.86. The molecule has 4 heteroatoms. The Morgan fingerprint density at radius 3 is 2.48 bits per heavy atom. The van der Waals surface area contributed by atoms with Gasteiger partial charge in [0.25, 0.3) is 0 Å². The molecular formula is C19H27N3O. The zero-order valence-corrected chi connectivity index (χ0v) is 15.1. The third-order valence-electron chi connectivity index (χ3n) is 3.97. The SMILES string of the molecule is C=Cc1nc(C(C)(C)C/C=C/c2cc(C(C)(C)C)on2)cn1C. The molecule has 0 saturated heterocycles. The Balaban J connectivity index is 2.08. The van der Waals surface area contributed by atoms with Crippen molar-refractivity contribution in [3.05, 3.63) is 47.9 Å². The van der Waals surface area contributed by atoms with Gasteiger partial charge in [0.05, 0.1) is 5.69 Å². The van der Waals surface area contributed by atoms with Crippen LogP contribution >= 0.6 is 0 Å². The number of rotatable bonds is 5. The van der Waals surface area contributed by atoms with E-state index in [0.717, 1.165) is 29.4 Å². The number of aryl methyl sites for hydroxylation is 1. The maximum Gasteiger partial charge on any atom is 0.142 e. The molecule has 0 amide bonds. The van der Waals surface area contributed by atoms with Crippen LogP contribution in [-0.4, -0.2) is 14.7 Å². The number of allylic oxidation sites excluding steroid dienone is 1. The number of aromatic nitrogens is 3. The smallest absolute Gasteiger partial charge is 0.142 e. The third kappa shape index (κ3) is 4.01. The van der Waals surface area contributed by atoms with Crippen molar-refractivity contribution in [1.82, 2.24) is 14.7 Å². The van der Waals surface area contributed by atoms with Gasteiger partial charge in [-0.15, -0.1) is 0 Å². The second kappa shape index (κ2) is 6.19. The molecule has 0 aliphatic carbocycles. The van der Waals surface area contributed by atoms with Gasteiger partial charge in [0, 0.05) is 30.1 Å². The van der Waals surface area contributed by atoms with Crippen LogP contribution in [0, 0.1) is 0 Å². The fourth-order valence-electron chi connectivity index (χ4n) is 2.30. The molecule has 0 spiro atoms. The highest BCUT2D eigenvalue weighted by Gasteiger charge is 2.23. The predicted molar refractivity (Wildman–Crippen MR) is 95.2 cm³/mol. The van der Waals surface area contributed by atoms with Crippen molar-refractivity contribution >= 4 is 12.2 Å². The zero-order valence-electron chi connectivity index (χ0n) is 15.1. The summed E-state index contributed by atoms with van der Waals surface area (Å²) in [5.41, 5.74) is 1.85. The maximum absolute atomic E-state index is 5.40. The van der Waals surface area contributed by atoms with Crippen LogP contribution in [0.2, 0.25) is 0 Å². The van der Waals surface area contributed by atoms with Crippen molar-refractivity contribution < 1.29 is 4.52 Å². The van der Waals surface area contributed by atoms with Crippen LogP contribution in [0.25, 0.3) is 12.2 Å². The molecule has 0 bridgehead atoms. The van der Waals surface area contributed by atoms with Gasteiger partial charge in [-0.25, -0.2) is 4.98 Å². The van der Waals surface area contributed by atoms with Crippen molar-refractivity contribution in [1.29, 1.82) is 0 Å². The van der Waals surface area contributed by atoms with E-state index in [1.807, 2.05) is 23.8 Å². The third-order valence-corrected chi connectivity index (χ3v) is 3.97. The first-order valence-corrected chi connectivity index (χ1v) is 7.93. The highest BCUT2D eigenvalue weighted by molar-refractivity contribution is 5.45. The van der Waals surface area contributed by atoms with Crippen LogP contribution in [0.4, 0.5) is 0 Å². The second-order valence-corrected chi connectivity index (χ2v) is 7.66. The molecule has 23 heavy (non-hydrogen) atoms. The molecule has 124 valence electrons. The summed E-state index contributed by atoms with van der Waals surface area (Å²) in [7, 11) is 1.99. The average molecular weight is 313 g/mol. The zero-order chi connectivity index (χ0) is 17.3. The number of imidazole rings is 1. The molecule has 0 aliphatic rings. The van der Waals surface area contributed by atoms with E-state index in [0.29, 0.717) is 0 Å². The van der Waals surface area contributed by atoms with E-state index in [9.17, 15) is 0 Å². The highest BCUT2D eigenvalue weighted by Crippen LogP contribution is 2.28. The van der Waals surface area contributed by atoms with Gasteiger partial charge in [0.15, 0.2) is 0 Å². The van der Waals surface area contributed by atoms with E-state index in [1.165, 1.54) is 0 Å². The lowest BCUT2D eigenvalue weighted by molar-refractivity contribution is 0.328. The molecule has 2 heterocycles. The van der Waals surface area contributed by atoms with Crippen molar-refractivity contribution in [3.63, 3.8) is 0 Å². The highest BCUT2D eigenvalue weighted by atomic mass is 16.5. The fourth-order valence-corrected chi connectivity index (χ4v) is 2.30. The molecule has 0 aliphatic heterocycles. The van der Waals surface area contributed by atoms with E-state index in [2.05, 4.69) is 63.6 Å². The molecule has 0 aromatic carbocycles. The molecule has 0 unspecified atom stereocenters. The second-order valence-electron chi connectivity index (χ2n) is 7.66. The van der Waals surface area contributed by atoms with Gasteiger partial charge < -0.3 is 9.09 Å². The standard InChI is InChI=1S/C19H27N3O/c1-8-17-20-15(13-22(17)7)19(5,6)11-9-10-14-12-16(23-21-14)18(2,3)4/h8-10,12-13H,1,11H2,2-7H3/b10-9+. The Kier molecular flexibility index (Phi) is 4.64. The first-order chi connectivity index (χ1) is 10.6. The van der Waals surface area contributed by atoms with Gasteiger partial charge in [-0.1, -0.05) is 52.4 Å². The Bertz CT molecular complexity index is 711. The monoisotopic (exact) mass is 313 g/mol. The number of hydrogen-bond donors (Lipinski definition) is 0. The van der Waals surface area contributed by atoms with Gasteiger partial charge in [-0.3, -0.25) is 0 Å². The molecule has 2 aromatic rings. The summed E-state index contributed by atoms with van der Waals surface area (Å²) >= 11 is 0. The summed E-state index contributed by atoms with van der Waals surface area (Å²) in [5.74, 6) is 1.79. The summed E-state index contributed by atoms with van der Waals surface area (Å²) < 4.78 is 7.40. The Hall–Kier alpha value is -2.10. The van der Waals surface area contributed by atoms with Crippen molar-refractivity contribution in [3.8, 4) is 0 Å². The molecule has 0 saturated carbocycles. The van der Waals surface area contributed by atoms with E-state index in [1.54, 1.807) is 6.08 Å². The van der Waals surface area contributed by atoms with E-state index in [-0.39, 0.29) is 10.8 Å². The summed E-state index contributed by atoms with van der Waals surface area (Å²) in [5, 5.41) is 4.11. The Morgan fingerprint density at radius 1 is 1.26 bits per heavy atom. The fraction of sp³-hybridized carbons (Fsp3) is 0.474. The maximum atomic E-state index is 5.40. The van der Waals surface area contributed by atoms with Gasteiger partial charge in [0.2, 0.25) is 0 Å². The molecule has 0 atom stereocenters. The molecule has 0 radical (unpaired) electrons. The summed E-state index contributed by atoms with van der Waals surface area (Å²) in [6, 6.07) is 2.00. The minimum absolute atomic E-state index is 0.0204. The van der Waals surface area contributed by atoms with E-state index >= 15 is 0 Å². The lowest BCUT2D eigenvalue weighted by Gasteiger charge is -2.20. The van der Waals surface area contributed by atoms with Crippen molar-refractivity contribution in [2.45, 2.75) is 51.9 Å². The van der Waals surface area contributed by atoms with Crippen LogP contribution in [0.3, 0.4) is 0 Å². The van der Waals surface area contributed by atoms with Crippen LogP contribution in [0.5, 0.6) is 0 Å². The Morgan fingerprint density at radius 2 is 1.96 bits per heavy atom. The molecule has 2 rings (SSSR count). The molecule has 2 aromatic heterocycles. The number of nitrogens with zero attached hydrogens (tertiary/aromatic N) is 3. The van der Waals surface area contributed by atoms with Gasteiger partial charge in [0.1, 0.15) is 17.3 Å². The van der Waals surface area contributed by atoms with E-state index < -0.39 is 0 Å². The lowest BCUT2D eigenvalue weighted by atomic mass is 9.86. The summed E-state index contributed by atoms with van der Waals surface area (Å²) in [6.45, 7) is 14.5. The molecular weight excluding hydrogens is 286 g/mol.